The minimum Gasteiger partial charge on any atom is -0.462 e. The van der Waals surface area contributed by atoms with Crippen molar-refractivity contribution >= 4 is 5.97 Å². The van der Waals surface area contributed by atoms with Gasteiger partial charge in [-0.25, -0.2) is 4.79 Å². The molecule has 0 aromatic carbocycles. The van der Waals surface area contributed by atoms with E-state index in [-0.39, 0.29) is 5.97 Å². The fourth-order valence-corrected chi connectivity index (χ4v) is 5.86. The van der Waals surface area contributed by atoms with Crippen LogP contribution < -0.4 is 0 Å². The number of hydrogen-bond donors (Lipinski definition) is 0. The maximum Gasteiger partial charge on any atom is 0.333 e. The summed E-state index contributed by atoms with van der Waals surface area (Å²) in [4.78, 5) is 11.4. The summed E-state index contributed by atoms with van der Waals surface area (Å²) in [5, 5.41) is 0. The predicted octanol–water partition coefficient (Wildman–Crippen LogP) is 11.3. The third-order valence-corrected chi connectivity index (χ3v) is 8.49. The molecule has 1 atom stereocenters. The first-order chi connectivity index (χ1) is 18.9. The van der Waals surface area contributed by atoms with Crippen LogP contribution in [0, 0.1) is 0 Å². The Bertz CT molecular complexity index is 546. The molecule has 0 radical (unpaired) electrons. The number of esters is 1. The van der Waals surface area contributed by atoms with Gasteiger partial charge in [-0.1, -0.05) is 142 Å². The topological polar surface area (TPSA) is 26.3 Å². The van der Waals surface area contributed by atoms with Crippen LogP contribution in [0.4, 0.5) is 0 Å². The molecule has 0 rings (SSSR count). The standard InChI is InChI=1S/C36H72NO2/c1-6-8-9-10-11-12-13-14-15-16-17-18-19-22-25-28-32-37(5,31-7-2)33-29-26-23-20-21-24-27-30-34-39-36(38)35(3)4/h3,6-34H2,1-2,4-5H3/q+1. The monoisotopic (exact) mass is 551 g/mol. The first-order valence-corrected chi connectivity index (χ1v) is 17.6. The molecule has 0 N–H and O–H groups in total. The summed E-state index contributed by atoms with van der Waals surface area (Å²) in [5.41, 5.74) is 0.494. The molecule has 0 bridgehead atoms. The van der Waals surface area contributed by atoms with Gasteiger partial charge in [-0.2, -0.15) is 0 Å². The lowest BCUT2D eigenvalue weighted by Gasteiger charge is -2.34. The lowest BCUT2D eigenvalue weighted by Crippen LogP contribution is -2.46. The smallest absolute Gasteiger partial charge is 0.333 e. The molecular weight excluding hydrogens is 478 g/mol. The van der Waals surface area contributed by atoms with Crippen molar-refractivity contribution in [2.45, 2.75) is 181 Å². The largest absolute Gasteiger partial charge is 0.462 e. The van der Waals surface area contributed by atoms with Crippen LogP contribution in [0.2, 0.25) is 0 Å². The van der Waals surface area contributed by atoms with Crippen LogP contribution in [0.3, 0.4) is 0 Å². The van der Waals surface area contributed by atoms with Gasteiger partial charge in [0.05, 0.1) is 33.3 Å². The molecule has 1 unspecified atom stereocenters. The van der Waals surface area contributed by atoms with E-state index in [1.54, 1.807) is 6.92 Å². The van der Waals surface area contributed by atoms with E-state index >= 15 is 0 Å². The van der Waals surface area contributed by atoms with Gasteiger partial charge in [-0.3, -0.25) is 0 Å². The van der Waals surface area contributed by atoms with Gasteiger partial charge in [0.2, 0.25) is 0 Å². The zero-order chi connectivity index (χ0) is 28.9. The summed E-state index contributed by atoms with van der Waals surface area (Å²) in [7, 11) is 2.51. The van der Waals surface area contributed by atoms with Gasteiger partial charge in [0.25, 0.3) is 0 Å². The van der Waals surface area contributed by atoms with E-state index in [1.807, 2.05) is 0 Å². The number of ether oxygens (including phenoxy) is 1. The summed E-state index contributed by atoms with van der Waals surface area (Å²) in [5.74, 6) is -0.252. The van der Waals surface area contributed by atoms with Crippen LogP contribution in [-0.2, 0) is 9.53 Å². The lowest BCUT2D eigenvalue weighted by molar-refractivity contribution is -0.910. The van der Waals surface area contributed by atoms with Crippen molar-refractivity contribution in [3.05, 3.63) is 12.2 Å². The van der Waals surface area contributed by atoms with Crippen molar-refractivity contribution in [3.63, 3.8) is 0 Å². The van der Waals surface area contributed by atoms with Crippen molar-refractivity contribution in [3.8, 4) is 0 Å². The number of hydrogen-bond acceptors (Lipinski definition) is 2. The average Bonchev–Trinajstić information content (AvgIpc) is 2.91. The molecule has 0 spiro atoms. The lowest BCUT2D eigenvalue weighted by atomic mass is 10.0. The molecule has 0 aliphatic heterocycles. The third-order valence-electron chi connectivity index (χ3n) is 8.49. The normalized spacial score (nSPS) is 12.9. The van der Waals surface area contributed by atoms with E-state index in [1.165, 1.54) is 172 Å². The third kappa shape index (κ3) is 27.1. The van der Waals surface area contributed by atoms with Crippen LogP contribution in [0.15, 0.2) is 12.2 Å². The Morgan fingerprint density at radius 2 is 0.846 bits per heavy atom. The Morgan fingerprint density at radius 1 is 0.513 bits per heavy atom. The molecule has 0 aliphatic carbocycles. The second kappa shape index (κ2) is 28.7. The fraction of sp³-hybridized carbons (Fsp3) is 0.917. The Morgan fingerprint density at radius 3 is 1.18 bits per heavy atom. The Labute approximate surface area is 246 Å². The van der Waals surface area contributed by atoms with Crippen LogP contribution in [-0.4, -0.2) is 43.7 Å². The molecule has 0 aliphatic rings. The molecule has 3 nitrogen and oxygen atoms in total. The van der Waals surface area contributed by atoms with E-state index in [2.05, 4.69) is 27.5 Å². The maximum absolute atomic E-state index is 11.4. The van der Waals surface area contributed by atoms with Gasteiger partial charge >= 0.3 is 5.97 Å². The molecule has 3 heteroatoms. The van der Waals surface area contributed by atoms with E-state index in [0.29, 0.717) is 12.2 Å². The highest BCUT2D eigenvalue weighted by atomic mass is 16.5. The van der Waals surface area contributed by atoms with Crippen molar-refractivity contribution in [2.24, 2.45) is 0 Å². The highest BCUT2D eigenvalue weighted by Crippen LogP contribution is 2.16. The molecule has 232 valence electrons. The first kappa shape index (κ1) is 38.2. The van der Waals surface area contributed by atoms with Crippen LogP contribution >= 0.6 is 0 Å². The van der Waals surface area contributed by atoms with Gasteiger partial charge < -0.3 is 9.22 Å². The Kier molecular flexibility index (Phi) is 28.1. The van der Waals surface area contributed by atoms with Gasteiger partial charge in [0.15, 0.2) is 0 Å². The van der Waals surface area contributed by atoms with Crippen molar-refractivity contribution < 1.29 is 14.0 Å². The number of carbonyl (C=O) groups is 1. The second-order valence-electron chi connectivity index (χ2n) is 12.8. The van der Waals surface area contributed by atoms with Gasteiger partial charge in [0.1, 0.15) is 0 Å². The van der Waals surface area contributed by atoms with Crippen LogP contribution in [0.1, 0.15) is 181 Å². The van der Waals surface area contributed by atoms with Crippen LogP contribution in [0.5, 0.6) is 0 Å². The summed E-state index contributed by atoms with van der Waals surface area (Å²) in [6.45, 7) is 14.6. The minimum atomic E-state index is -0.252. The summed E-state index contributed by atoms with van der Waals surface area (Å²) in [6.07, 6.45) is 34.7. The van der Waals surface area contributed by atoms with Crippen molar-refractivity contribution in [1.29, 1.82) is 0 Å². The highest BCUT2D eigenvalue weighted by Gasteiger charge is 2.19. The number of unbranched alkanes of at least 4 members (excludes halogenated alkanes) is 22. The van der Waals surface area contributed by atoms with Gasteiger partial charge in [-0.05, 0) is 45.4 Å². The number of nitrogens with zero attached hydrogens (tertiary/aromatic N) is 1. The molecule has 0 aromatic rings. The van der Waals surface area contributed by atoms with Gasteiger partial charge in [-0.15, -0.1) is 0 Å². The molecular formula is C36H72NO2+. The molecule has 0 saturated carbocycles. The number of carbonyl (C=O) groups excluding carboxylic acids is 1. The average molecular weight is 551 g/mol. The summed E-state index contributed by atoms with van der Waals surface area (Å²) in [6, 6.07) is 0. The minimum absolute atomic E-state index is 0.252. The Hall–Kier alpha value is -0.830. The maximum atomic E-state index is 11.4. The quantitative estimate of drug-likeness (QED) is 0.0371. The second-order valence-corrected chi connectivity index (χ2v) is 12.8. The molecule has 0 amide bonds. The van der Waals surface area contributed by atoms with E-state index < -0.39 is 0 Å². The zero-order valence-electron chi connectivity index (χ0n) is 27.5. The molecule has 39 heavy (non-hydrogen) atoms. The zero-order valence-corrected chi connectivity index (χ0v) is 27.5. The van der Waals surface area contributed by atoms with Crippen molar-refractivity contribution in [2.75, 3.05) is 33.3 Å². The SMILES string of the molecule is C=C(C)C(=O)OCCCCCCCCCC[N+](C)(CCC)CCCCCCCCCCCCCCCCCC. The highest BCUT2D eigenvalue weighted by molar-refractivity contribution is 5.86. The van der Waals surface area contributed by atoms with Gasteiger partial charge in [0, 0.05) is 5.57 Å². The summed E-state index contributed by atoms with van der Waals surface area (Å²) < 4.78 is 6.45. The van der Waals surface area contributed by atoms with Crippen molar-refractivity contribution in [1.82, 2.24) is 0 Å². The molecule has 0 aromatic heterocycles. The van der Waals surface area contributed by atoms with Crippen LogP contribution in [0.25, 0.3) is 0 Å². The summed E-state index contributed by atoms with van der Waals surface area (Å²) >= 11 is 0. The molecule has 0 saturated heterocycles. The fourth-order valence-electron chi connectivity index (χ4n) is 5.86. The van der Waals surface area contributed by atoms with E-state index in [0.717, 1.165) is 12.8 Å². The predicted molar refractivity (Wildman–Crippen MR) is 173 cm³/mol. The number of rotatable bonds is 31. The van der Waals surface area contributed by atoms with E-state index in [9.17, 15) is 4.79 Å². The number of quaternary nitrogens is 1. The molecule has 0 fully saturated rings. The Balaban J connectivity index is 3.56. The first-order valence-electron chi connectivity index (χ1n) is 17.6. The molecule has 0 heterocycles. The van der Waals surface area contributed by atoms with E-state index in [4.69, 9.17) is 4.74 Å².